The predicted octanol–water partition coefficient (Wildman–Crippen LogP) is 2.19. The number of hydrogen-bond donors (Lipinski definition) is 1. The molecule has 0 amide bonds. The van der Waals surface area contributed by atoms with E-state index in [4.69, 9.17) is 4.74 Å². The highest BCUT2D eigenvalue weighted by molar-refractivity contribution is 6.00. The first kappa shape index (κ1) is 11.1. The van der Waals surface area contributed by atoms with Crippen LogP contribution in [-0.2, 0) is 0 Å². The molecule has 1 aromatic heterocycles. The van der Waals surface area contributed by atoms with Gasteiger partial charge in [-0.3, -0.25) is 10.1 Å². The van der Waals surface area contributed by atoms with E-state index in [-0.39, 0.29) is 5.69 Å². The Morgan fingerprint density at radius 1 is 1.47 bits per heavy atom. The molecule has 17 heavy (non-hydrogen) atoms. The van der Waals surface area contributed by atoms with E-state index in [1.54, 1.807) is 25.2 Å². The first-order valence-electron chi connectivity index (χ1n) is 4.97. The van der Waals surface area contributed by atoms with Crippen LogP contribution in [0.1, 0.15) is 0 Å². The molecular formula is C11H11N3O3. The predicted molar refractivity (Wildman–Crippen MR) is 64.5 cm³/mol. The van der Waals surface area contributed by atoms with E-state index in [9.17, 15) is 10.1 Å². The maximum Gasteiger partial charge on any atom is 0.311 e. The molecule has 0 spiro atoms. The molecule has 88 valence electrons. The van der Waals surface area contributed by atoms with Crippen molar-refractivity contribution >= 4 is 22.3 Å². The van der Waals surface area contributed by atoms with E-state index in [1.807, 2.05) is 0 Å². The molecule has 6 nitrogen and oxygen atoms in total. The molecule has 0 bridgehead atoms. The Bertz CT molecular complexity index is 583. The number of benzene rings is 1. The van der Waals surface area contributed by atoms with Gasteiger partial charge in [0.1, 0.15) is 17.6 Å². The summed E-state index contributed by atoms with van der Waals surface area (Å²) in [6.45, 7) is 0. The molecular weight excluding hydrogens is 222 g/mol. The number of ether oxygens (including phenoxy) is 1. The van der Waals surface area contributed by atoms with Gasteiger partial charge in [-0.25, -0.2) is 4.98 Å². The summed E-state index contributed by atoms with van der Waals surface area (Å²) in [6.07, 6.45) is 1.24. The normalized spacial score (nSPS) is 10.2. The molecule has 0 radical (unpaired) electrons. The van der Waals surface area contributed by atoms with Crippen molar-refractivity contribution in [1.29, 1.82) is 0 Å². The number of rotatable bonds is 3. The molecule has 2 rings (SSSR count). The Kier molecular flexibility index (Phi) is 2.78. The van der Waals surface area contributed by atoms with Crippen LogP contribution in [0.2, 0.25) is 0 Å². The number of pyridine rings is 1. The molecule has 0 atom stereocenters. The van der Waals surface area contributed by atoms with Crippen molar-refractivity contribution in [2.75, 3.05) is 19.5 Å². The van der Waals surface area contributed by atoms with Gasteiger partial charge in [0.05, 0.1) is 22.9 Å². The van der Waals surface area contributed by atoms with Crippen molar-refractivity contribution in [2.24, 2.45) is 0 Å². The van der Waals surface area contributed by atoms with Gasteiger partial charge >= 0.3 is 5.69 Å². The summed E-state index contributed by atoms with van der Waals surface area (Å²) in [5, 5.41) is 14.4. The molecule has 0 aliphatic rings. The van der Waals surface area contributed by atoms with Crippen LogP contribution in [0.5, 0.6) is 5.75 Å². The Morgan fingerprint density at radius 2 is 2.24 bits per heavy atom. The van der Waals surface area contributed by atoms with E-state index in [0.29, 0.717) is 22.3 Å². The van der Waals surface area contributed by atoms with Crippen LogP contribution in [0.25, 0.3) is 10.9 Å². The highest BCUT2D eigenvalue weighted by Crippen LogP contribution is 2.36. The topological polar surface area (TPSA) is 77.3 Å². The smallest absolute Gasteiger partial charge is 0.311 e. The summed E-state index contributed by atoms with van der Waals surface area (Å²) in [6, 6.07) is 5.32. The van der Waals surface area contributed by atoms with Gasteiger partial charge in [0.2, 0.25) is 0 Å². The molecule has 0 aliphatic carbocycles. The zero-order valence-electron chi connectivity index (χ0n) is 9.43. The molecule has 1 aromatic carbocycles. The van der Waals surface area contributed by atoms with Crippen LogP contribution < -0.4 is 10.1 Å². The lowest BCUT2D eigenvalue weighted by Gasteiger charge is -2.09. The van der Waals surface area contributed by atoms with Crippen molar-refractivity contribution in [3.05, 3.63) is 34.5 Å². The fourth-order valence-corrected chi connectivity index (χ4v) is 1.76. The van der Waals surface area contributed by atoms with Crippen molar-refractivity contribution in [2.45, 2.75) is 0 Å². The number of fused-ring (bicyclic) bond motifs is 1. The van der Waals surface area contributed by atoms with E-state index >= 15 is 0 Å². The van der Waals surface area contributed by atoms with E-state index in [2.05, 4.69) is 10.3 Å². The second-order valence-corrected chi connectivity index (χ2v) is 3.38. The molecule has 6 heteroatoms. The van der Waals surface area contributed by atoms with Crippen LogP contribution in [0.15, 0.2) is 24.4 Å². The van der Waals surface area contributed by atoms with E-state index < -0.39 is 4.92 Å². The summed E-state index contributed by atoms with van der Waals surface area (Å²) in [5.41, 5.74) is 1.00. The van der Waals surface area contributed by atoms with Gasteiger partial charge in [0.25, 0.3) is 0 Å². The maximum atomic E-state index is 10.9. The van der Waals surface area contributed by atoms with Crippen LogP contribution in [-0.4, -0.2) is 24.1 Å². The molecule has 0 aliphatic heterocycles. The molecule has 0 saturated heterocycles. The Hall–Kier alpha value is -2.37. The van der Waals surface area contributed by atoms with Gasteiger partial charge in [-0.2, -0.15) is 0 Å². The lowest BCUT2D eigenvalue weighted by Crippen LogP contribution is -2.00. The summed E-state index contributed by atoms with van der Waals surface area (Å²) < 4.78 is 5.20. The van der Waals surface area contributed by atoms with Gasteiger partial charge < -0.3 is 10.1 Å². The van der Waals surface area contributed by atoms with Crippen LogP contribution in [0.3, 0.4) is 0 Å². The average molecular weight is 233 g/mol. The van der Waals surface area contributed by atoms with Crippen molar-refractivity contribution < 1.29 is 9.66 Å². The summed E-state index contributed by atoms with van der Waals surface area (Å²) >= 11 is 0. The second-order valence-electron chi connectivity index (χ2n) is 3.38. The lowest BCUT2D eigenvalue weighted by molar-refractivity contribution is -0.384. The average Bonchev–Trinajstić information content (AvgIpc) is 2.36. The van der Waals surface area contributed by atoms with E-state index in [1.165, 1.54) is 13.3 Å². The highest BCUT2D eigenvalue weighted by Gasteiger charge is 2.19. The van der Waals surface area contributed by atoms with Crippen LogP contribution in [0.4, 0.5) is 11.4 Å². The molecule has 0 saturated carbocycles. The minimum absolute atomic E-state index is 0.0653. The SMILES string of the molecule is CNc1c([N+](=O)[O-])cnc2cccc(OC)c12. The quantitative estimate of drug-likeness (QED) is 0.649. The third kappa shape index (κ3) is 1.73. The van der Waals surface area contributed by atoms with E-state index in [0.717, 1.165) is 0 Å². The fraction of sp³-hybridized carbons (Fsp3) is 0.182. The number of aromatic nitrogens is 1. The van der Waals surface area contributed by atoms with Crippen molar-refractivity contribution in [3.63, 3.8) is 0 Å². The number of methoxy groups -OCH3 is 1. The first-order chi connectivity index (χ1) is 8.19. The summed E-state index contributed by atoms with van der Waals surface area (Å²) in [5.74, 6) is 0.558. The molecule has 0 fully saturated rings. The standard InChI is InChI=1S/C11H11N3O3/c1-12-11-8(14(15)16)6-13-7-4-3-5-9(17-2)10(7)11/h3-6H,1-2H3,(H,12,13). The van der Waals surface area contributed by atoms with Crippen molar-refractivity contribution in [3.8, 4) is 5.75 Å². The summed E-state index contributed by atoms with van der Waals surface area (Å²) in [7, 11) is 3.15. The Balaban J connectivity index is 2.87. The molecule has 1 heterocycles. The highest BCUT2D eigenvalue weighted by atomic mass is 16.6. The number of anilines is 1. The van der Waals surface area contributed by atoms with Gasteiger partial charge in [0, 0.05) is 7.05 Å². The number of nitrogens with zero attached hydrogens (tertiary/aromatic N) is 2. The monoisotopic (exact) mass is 233 g/mol. The number of nitrogens with one attached hydrogen (secondary N) is 1. The first-order valence-corrected chi connectivity index (χ1v) is 4.97. The molecule has 1 N–H and O–H groups in total. The number of nitro groups is 1. The molecule has 0 unspecified atom stereocenters. The summed E-state index contributed by atoms with van der Waals surface area (Å²) in [4.78, 5) is 14.5. The maximum absolute atomic E-state index is 10.9. The minimum atomic E-state index is -0.468. The van der Waals surface area contributed by atoms with Crippen LogP contribution in [0, 0.1) is 10.1 Å². The van der Waals surface area contributed by atoms with Crippen LogP contribution >= 0.6 is 0 Å². The fourth-order valence-electron chi connectivity index (χ4n) is 1.76. The third-order valence-electron chi connectivity index (χ3n) is 2.50. The zero-order valence-corrected chi connectivity index (χ0v) is 9.43. The zero-order chi connectivity index (χ0) is 12.4. The van der Waals surface area contributed by atoms with Gasteiger partial charge in [0.15, 0.2) is 0 Å². The van der Waals surface area contributed by atoms with Gasteiger partial charge in [-0.05, 0) is 12.1 Å². The lowest BCUT2D eigenvalue weighted by atomic mass is 10.1. The Labute approximate surface area is 97.4 Å². The largest absolute Gasteiger partial charge is 0.496 e. The van der Waals surface area contributed by atoms with Crippen molar-refractivity contribution in [1.82, 2.24) is 4.98 Å². The minimum Gasteiger partial charge on any atom is -0.496 e. The van der Waals surface area contributed by atoms with Gasteiger partial charge in [-0.15, -0.1) is 0 Å². The number of hydrogen-bond acceptors (Lipinski definition) is 5. The third-order valence-corrected chi connectivity index (χ3v) is 2.50. The Morgan fingerprint density at radius 3 is 2.82 bits per heavy atom. The molecule has 2 aromatic rings. The second kappa shape index (κ2) is 4.25. The van der Waals surface area contributed by atoms with Gasteiger partial charge in [-0.1, -0.05) is 6.07 Å².